The van der Waals surface area contributed by atoms with Crippen LogP contribution in [0.25, 0.3) is 0 Å². The fourth-order valence-corrected chi connectivity index (χ4v) is 0.440. The number of allylic oxidation sites excluding steroid dienone is 4. The van der Waals surface area contributed by atoms with Crippen LogP contribution >= 0.6 is 0 Å². The Labute approximate surface area is 74.9 Å². The molecule has 3 heteroatoms. The Morgan fingerprint density at radius 2 is 1.00 bits per heavy atom. The van der Waals surface area contributed by atoms with Gasteiger partial charge in [-0.1, -0.05) is 0 Å². The van der Waals surface area contributed by atoms with Gasteiger partial charge in [0.1, 0.15) is 0 Å². The van der Waals surface area contributed by atoms with Crippen molar-refractivity contribution in [3.05, 3.63) is 24.3 Å². The van der Waals surface area contributed by atoms with Crippen molar-refractivity contribution in [1.82, 2.24) is 0 Å². The van der Waals surface area contributed by atoms with Gasteiger partial charge >= 0.3 is 29.6 Å². The van der Waals surface area contributed by atoms with E-state index in [9.17, 15) is 9.59 Å². The monoisotopic (exact) mass is 132 g/mol. The molecule has 1 aliphatic carbocycles. The predicted molar refractivity (Wildman–Crippen MR) is 35.4 cm³/mol. The first-order valence-electron chi connectivity index (χ1n) is 2.23. The zero-order chi connectivity index (χ0) is 5.98. The topological polar surface area (TPSA) is 34.1 Å². The van der Waals surface area contributed by atoms with Crippen molar-refractivity contribution >= 4 is 41.1 Å². The first-order chi connectivity index (χ1) is 3.79. The van der Waals surface area contributed by atoms with Crippen LogP contribution in [0.15, 0.2) is 24.3 Å². The van der Waals surface area contributed by atoms with Crippen LogP contribution in [-0.2, 0) is 9.59 Å². The Hall–Kier alpha value is -0.180. The Balaban J connectivity index is 0.000000640. The Morgan fingerprint density at radius 1 is 0.778 bits per heavy atom. The zero-order valence-electron chi connectivity index (χ0n) is 4.13. The normalized spacial score (nSPS) is 15.6. The summed E-state index contributed by atoms with van der Waals surface area (Å²) in [5.41, 5.74) is 0. The van der Waals surface area contributed by atoms with Crippen LogP contribution in [0.5, 0.6) is 0 Å². The third-order valence-electron chi connectivity index (χ3n) is 0.824. The molecule has 0 heterocycles. The van der Waals surface area contributed by atoms with Gasteiger partial charge in [0.2, 0.25) is 0 Å². The maximum absolute atomic E-state index is 10.3. The molecule has 0 aromatic heterocycles. The molecule has 0 aromatic rings. The number of carbonyl (C=O) groups is 2. The van der Waals surface area contributed by atoms with E-state index in [0.717, 1.165) is 0 Å². The van der Waals surface area contributed by atoms with E-state index in [1.807, 2.05) is 0 Å². The van der Waals surface area contributed by atoms with E-state index >= 15 is 0 Å². The van der Waals surface area contributed by atoms with Crippen molar-refractivity contribution in [1.29, 1.82) is 0 Å². The van der Waals surface area contributed by atoms with Gasteiger partial charge in [-0.15, -0.1) is 0 Å². The van der Waals surface area contributed by atoms with Gasteiger partial charge < -0.3 is 0 Å². The van der Waals surface area contributed by atoms with E-state index < -0.39 is 0 Å². The van der Waals surface area contributed by atoms with Crippen molar-refractivity contribution in [2.75, 3.05) is 0 Å². The van der Waals surface area contributed by atoms with Crippen LogP contribution in [0, 0.1) is 0 Å². The van der Waals surface area contributed by atoms with Gasteiger partial charge in [0.15, 0.2) is 11.6 Å². The zero-order valence-corrected chi connectivity index (χ0v) is 4.13. The van der Waals surface area contributed by atoms with E-state index in [0.29, 0.717) is 0 Å². The second-order valence-corrected chi connectivity index (χ2v) is 1.47. The number of ketones is 2. The molecule has 0 spiro atoms. The molecular weight excluding hydrogens is 127 g/mol. The molecule has 0 bridgehead atoms. The van der Waals surface area contributed by atoms with E-state index in [1.54, 1.807) is 0 Å². The molecule has 0 radical (unpaired) electrons. The summed E-state index contributed by atoms with van der Waals surface area (Å²) in [5.74, 6) is -0.241. The summed E-state index contributed by atoms with van der Waals surface area (Å²) in [6.07, 6.45) is 5.01. The molecule has 1 aliphatic rings. The molecule has 0 unspecified atom stereocenters. The van der Waals surface area contributed by atoms with Crippen molar-refractivity contribution in [3.63, 3.8) is 0 Å². The number of hydrogen-bond acceptors (Lipinski definition) is 2. The Kier molecular flexibility index (Phi) is 3.70. The van der Waals surface area contributed by atoms with E-state index in [-0.39, 0.29) is 41.1 Å². The van der Waals surface area contributed by atoms with Crippen LogP contribution in [0.1, 0.15) is 0 Å². The van der Waals surface area contributed by atoms with Gasteiger partial charge in [-0.05, 0) is 24.3 Å². The molecule has 0 aliphatic heterocycles. The minimum absolute atomic E-state index is 0. The Bertz CT molecular complexity index is 153. The molecule has 0 saturated carbocycles. The van der Waals surface area contributed by atoms with Gasteiger partial charge in [-0.2, -0.15) is 0 Å². The van der Waals surface area contributed by atoms with Crippen LogP contribution in [-0.4, -0.2) is 41.1 Å². The van der Waals surface area contributed by atoms with Crippen molar-refractivity contribution in [2.45, 2.75) is 0 Å². The minimum atomic E-state index is -0.121. The second-order valence-electron chi connectivity index (χ2n) is 1.47. The third-order valence-corrected chi connectivity index (χ3v) is 0.824. The molecular formula is C6H5NaO2. The number of rotatable bonds is 0. The van der Waals surface area contributed by atoms with Crippen LogP contribution < -0.4 is 0 Å². The first-order valence-corrected chi connectivity index (χ1v) is 2.23. The average Bonchev–Trinajstić information content (AvgIpc) is 1.77. The summed E-state index contributed by atoms with van der Waals surface area (Å²) in [5, 5.41) is 0. The molecule has 0 N–H and O–H groups in total. The molecule has 0 amide bonds. The fourth-order valence-electron chi connectivity index (χ4n) is 0.440. The number of hydrogen-bond donors (Lipinski definition) is 0. The van der Waals surface area contributed by atoms with Gasteiger partial charge in [-0.25, -0.2) is 0 Å². The quantitative estimate of drug-likeness (QED) is 0.332. The van der Waals surface area contributed by atoms with Crippen molar-refractivity contribution in [2.24, 2.45) is 0 Å². The van der Waals surface area contributed by atoms with Crippen molar-refractivity contribution < 1.29 is 9.59 Å². The van der Waals surface area contributed by atoms with Gasteiger partial charge in [0.05, 0.1) is 0 Å². The summed E-state index contributed by atoms with van der Waals surface area (Å²) in [4.78, 5) is 20.6. The number of carbonyl (C=O) groups excluding carboxylic acids is 2. The molecule has 0 fully saturated rings. The molecule has 1 rings (SSSR count). The maximum atomic E-state index is 10.3. The van der Waals surface area contributed by atoms with Crippen LogP contribution in [0.3, 0.4) is 0 Å². The summed E-state index contributed by atoms with van der Waals surface area (Å²) in [7, 11) is 0. The van der Waals surface area contributed by atoms with E-state index in [2.05, 4.69) is 0 Å². The Morgan fingerprint density at radius 3 is 1.22 bits per heavy atom. The summed E-state index contributed by atoms with van der Waals surface area (Å²) in [6.45, 7) is 0. The van der Waals surface area contributed by atoms with Gasteiger partial charge in [-0.3, -0.25) is 9.59 Å². The van der Waals surface area contributed by atoms with Crippen LogP contribution in [0.4, 0.5) is 0 Å². The van der Waals surface area contributed by atoms with Crippen LogP contribution in [0.2, 0.25) is 0 Å². The molecule has 9 heavy (non-hydrogen) atoms. The summed E-state index contributed by atoms with van der Waals surface area (Å²) >= 11 is 0. The third kappa shape index (κ3) is 2.75. The SMILES string of the molecule is O=C1C=CC(=O)C=C1.[NaH]. The molecule has 0 saturated heterocycles. The van der Waals surface area contributed by atoms with Gasteiger partial charge in [0.25, 0.3) is 0 Å². The summed E-state index contributed by atoms with van der Waals surface area (Å²) in [6, 6.07) is 0. The second kappa shape index (κ2) is 3.77. The average molecular weight is 132 g/mol. The van der Waals surface area contributed by atoms with E-state index in [1.165, 1.54) is 24.3 Å². The van der Waals surface area contributed by atoms with Crippen molar-refractivity contribution in [3.8, 4) is 0 Å². The molecule has 42 valence electrons. The predicted octanol–water partition coefficient (Wildman–Crippen LogP) is -0.398. The molecule has 2 nitrogen and oxygen atoms in total. The van der Waals surface area contributed by atoms with Gasteiger partial charge in [0, 0.05) is 0 Å². The standard InChI is InChI=1S/C6H4O2.Na.H/c7-5-1-2-6(8)4-3-5;;/h1-4H;;. The van der Waals surface area contributed by atoms with E-state index in [4.69, 9.17) is 0 Å². The molecule has 0 aromatic carbocycles. The molecule has 0 atom stereocenters. The summed E-state index contributed by atoms with van der Waals surface area (Å²) < 4.78 is 0. The first kappa shape index (κ1) is 8.82. The fraction of sp³-hybridized carbons (Fsp3) is 0.